The number of nitrogens with zero attached hydrogens (tertiary/aromatic N) is 4. The lowest BCUT2D eigenvalue weighted by Crippen LogP contribution is -2.48. The van der Waals surface area contributed by atoms with E-state index in [4.69, 9.17) is 5.73 Å². The molecule has 214 valence electrons. The summed E-state index contributed by atoms with van der Waals surface area (Å²) in [5.74, 6) is -0.128. The highest BCUT2D eigenvalue weighted by Crippen LogP contribution is 2.38. The first-order valence-electron chi connectivity index (χ1n) is 12.3. The van der Waals surface area contributed by atoms with Crippen LogP contribution in [0.25, 0.3) is 0 Å². The molecule has 1 aliphatic heterocycles. The maximum atomic E-state index is 12.5. The fraction of sp³-hybridized carbons (Fsp3) is 0.950. The largest absolute Gasteiger partial charge is 0.355 e. The van der Waals surface area contributed by atoms with Crippen LogP contribution in [0.3, 0.4) is 0 Å². The SMILES string of the molecule is CP(=O)(O)CN1CCN(CC(=O)NCCCCN)CCN(CP(C)(=O)O)CCN(CP(C)(=O)O)CC1. The molecular weight excluding hydrogens is 529 g/mol. The van der Waals surface area contributed by atoms with E-state index in [2.05, 4.69) is 5.32 Å². The summed E-state index contributed by atoms with van der Waals surface area (Å²) in [6.07, 6.45) is 1.56. The third-order valence-electron chi connectivity index (χ3n) is 5.64. The van der Waals surface area contributed by atoms with Gasteiger partial charge in [-0.25, -0.2) is 0 Å². The standard InChI is InChI=1S/C20H47N6O7P3/c1-34(28,29)17-24-10-8-23(16-20(27)22-7-5-4-6-21)9-11-25(18-35(2,30)31)13-15-26(14-12-24)19-36(3,32)33/h4-19,21H2,1-3H3,(H,22,27)(H,28,29)(H,30,31)(H,32,33). The first kappa shape index (κ1) is 33.9. The number of carbonyl (C=O) groups is 1. The van der Waals surface area contributed by atoms with Gasteiger partial charge in [0.1, 0.15) is 0 Å². The maximum absolute atomic E-state index is 12.5. The summed E-state index contributed by atoms with van der Waals surface area (Å²) in [6.45, 7) is 8.54. The number of hydrogen-bond donors (Lipinski definition) is 5. The molecule has 0 aromatic carbocycles. The molecule has 0 aromatic rings. The Balaban J connectivity index is 3.01. The second kappa shape index (κ2) is 16.1. The summed E-state index contributed by atoms with van der Waals surface area (Å²) in [5.41, 5.74) is 5.50. The van der Waals surface area contributed by atoms with E-state index in [1.54, 1.807) is 0 Å². The summed E-state index contributed by atoms with van der Waals surface area (Å²) in [6, 6.07) is 0. The summed E-state index contributed by atoms with van der Waals surface area (Å²) in [4.78, 5) is 49.9. The third kappa shape index (κ3) is 18.2. The molecule has 1 heterocycles. The molecule has 1 saturated heterocycles. The molecule has 36 heavy (non-hydrogen) atoms. The van der Waals surface area contributed by atoms with Crippen LogP contribution in [-0.4, -0.2) is 151 Å². The summed E-state index contributed by atoms with van der Waals surface area (Å²) in [7, 11) is -10.0. The quantitative estimate of drug-likeness (QED) is 0.151. The Hall–Kier alpha value is -0.160. The zero-order chi connectivity index (χ0) is 27.4. The first-order chi connectivity index (χ1) is 16.6. The lowest BCUT2D eigenvalue weighted by molar-refractivity contribution is -0.122. The number of rotatable bonds is 12. The van der Waals surface area contributed by atoms with Crippen LogP contribution in [0.15, 0.2) is 0 Å². The van der Waals surface area contributed by atoms with Crippen LogP contribution < -0.4 is 11.1 Å². The van der Waals surface area contributed by atoms with E-state index in [0.29, 0.717) is 65.4 Å². The molecule has 0 saturated carbocycles. The molecular formula is C20H47N6O7P3. The van der Waals surface area contributed by atoms with Crippen LogP contribution in [0.4, 0.5) is 0 Å². The predicted molar refractivity (Wildman–Crippen MR) is 144 cm³/mol. The normalized spacial score (nSPS) is 23.5. The van der Waals surface area contributed by atoms with Crippen molar-refractivity contribution in [3.8, 4) is 0 Å². The minimum absolute atomic E-state index is 0.0153. The molecule has 3 atom stereocenters. The van der Waals surface area contributed by atoms with E-state index in [1.165, 1.54) is 20.0 Å². The molecule has 0 spiro atoms. The van der Waals surface area contributed by atoms with Crippen molar-refractivity contribution in [1.82, 2.24) is 24.9 Å². The molecule has 0 aliphatic carbocycles. The van der Waals surface area contributed by atoms with Crippen molar-refractivity contribution in [2.75, 3.05) is 111 Å². The molecule has 0 aromatic heterocycles. The Morgan fingerprint density at radius 1 is 0.694 bits per heavy atom. The Labute approximate surface area is 215 Å². The summed E-state index contributed by atoms with van der Waals surface area (Å²) in [5, 5.41) is 2.89. The average Bonchev–Trinajstić information content (AvgIpc) is 2.70. The number of amides is 1. The van der Waals surface area contributed by atoms with Gasteiger partial charge in [-0.15, -0.1) is 0 Å². The zero-order valence-electron chi connectivity index (χ0n) is 22.0. The van der Waals surface area contributed by atoms with Crippen molar-refractivity contribution >= 4 is 28.0 Å². The number of nitrogens with two attached hydrogens (primary N) is 1. The summed E-state index contributed by atoms with van der Waals surface area (Å²) >= 11 is 0. The van der Waals surface area contributed by atoms with E-state index in [0.717, 1.165) is 12.8 Å². The van der Waals surface area contributed by atoms with Crippen molar-refractivity contribution in [3.63, 3.8) is 0 Å². The van der Waals surface area contributed by atoms with Gasteiger partial charge in [0.05, 0.1) is 25.4 Å². The Kier molecular flexibility index (Phi) is 15.1. The maximum Gasteiger partial charge on any atom is 0.234 e. The molecule has 1 fully saturated rings. The van der Waals surface area contributed by atoms with Gasteiger partial charge in [-0.3, -0.25) is 38.1 Å². The van der Waals surface area contributed by atoms with Gasteiger partial charge in [-0.05, 0) is 19.4 Å². The Bertz CT molecular complexity index is 763. The van der Waals surface area contributed by atoms with E-state index in [1.807, 2.05) is 19.6 Å². The highest BCUT2D eigenvalue weighted by atomic mass is 31.2. The number of unbranched alkanes of at least 4 members (excludes halogenated alkanes) is 1. The molecule has 1 amide bonds. The Morgan fingerprint density at radius 2 is 1.03 bits per heavy atom. The van der Waals surface area contributed by atoms with Crippen LogP contribution in [0.2, 0.25) is 0 Å². The van der Waals surface area contributed by atoms with E-state index >= 15 is 0 Å². The van der Waals surface area contributed by atoms with Crippen LogP contribution in [0.1, 0.15) is 12.8 Å². The molecule has 0 radical (unpaired) electrons. The second-order valence-electron chi connectivity index (χ2n) is 10.1. The van der Waals surface area contributed by atoms with E-state index < -0.39 is 22.1 Å². The average molecular weight is 577 g/mol. The van der Waals surface area contributed by atoms with Crippen molar-refractivity contribution in [1.29, 1.82) is 0 Å². The lowest BCUT2D eigenvalue weighted by atomic mass is 10.3. The molecule has 0 bridgehead atoms. The monoisotopic (exact) mass is 576 g/mol. The van der Waals surface area contributed by atoms with Gasteiger partial charge in [-0.2, -0.15) is 0 Å². The Morgan fingerprint density at radius 3 is 1.33 bits per heavy atom. The molecule has 16 heteroatoms. The highest BCUT2D eigenvalue weighted by Gasteiger charge is 2.25. The van der Waals surface area contributed by atoms with Crippen LogP contribution >= 0.6 is 22.1 Å². The topological polar surface area (TPSA) is 180 Å². The summed E-state index contributed by atoms with van der Waals surface area (Å²) < 4.78 is 36.4. The van der Waals surface area contributed by atoms with Crippen molar-refractivity contribution in [2.45, 2.75) is 12.8 Å². The molecule has 1 rings (SSSR count). The van der Waals surface area contributed by atoms with E-state index in [9.17, 15) is 33.2 Å². The van der Waals surface area contributed by atoms with Gasteiger partial charge >= 0.3 is 0 Å². The second-order valence-corrected chi connectivity index (χ2v) is 17.2. The van der Waals surface area contributed by atoms with Crippen LogP contribution in [0.5, 0.6) is 0 Å². The number of nitrogens with one attached hydrogen (secondary N) is 1. The number of hydrogen-bond acceptors (Lipinski definition) is 9. The zero-order valence-corrected chi connectivity index (χ0v) is 24.7. The smallest absolute Gasteiger partial charge is 0.234 e. The minimum Gasteiger partial charge on any atom is -0.355 e. The van der Waals surface area contributed by atoms with Crippen molar-refractivity contribution in [2.24, 2.45) is 5.73 Å². The van der Waals surface area contributed by atoms with Gasteiger partial charge in [-0.1, -0.05) is 0 Å². The van der Waals surface area contributed by atoms with Gasteiger partial charge < -0.3 is 25.7 Å². The highest BCUT2D eigenvalue weighted by molar-refractivity contribution is 7.57. The van der Waals surface area contributed by atoms with Crippen LogP contribution in [0, 0.1) is 0 Å². The molecule has 3 unspecified atom stereocenters. The molecule has 1 aliphatic rings. The van der Waals surface area contributed by atoms with E-state index in [-0.39, 0.29) is 31.3 Å². The fourth-order valence-corrected chi connectivity index (χ4v) is 7.11. The molecule has 6 N–H and O–H groups in total. The predicted octanol–water partition coefficient (Wildman–Crippen LogP) is -0.364. The first-order valence-corrected chi connectivity index (χ1v) is 19.2. The third-order valence-corrected chi connectivity index (χ3v) is 8.41. The van der Waals surface area contributed by atoms with Gasteiger partial charge in [0.2, 0.25) is 28.0 Å². The van der Waals surface area contributed by atoms with Gasteiger partial charge in [0.15, 0.2) is 0 Å². The number of carbonyl (C=O) groups excluding carboxylic acids is 1. The van der Waals surface area contributed by atoms with Gasteiger partial charge in [0, 0.05) is 78.9 Å². The fourth-order valence-electron chi connectivity index (χ4n) is 4.03. The van der Waals surface area contributed by atoms with Gasteiger partial charge in [0.25, 0.3) is 0 Å². The van der Waals surface area contributed by atoms with Crippen molar-refractivity contribution in [3.05, 3.63) is 0 Å². The lowest BCUT2D eigenvalue weighted by Gasteiger charge is -2.34. The van der Waals surface area contributed by atoms with Crippen LogP contribution in [-0.2, 0) is 18.5 Å². The molecule has 13 nitrogen and oxygen atoms in total. The minimum atomic E-state index is -3.35. The van der Waals surface area contributed by atoms with Crippen molar-refractivity contribution < 1.29 is 33.2 Å².